The van der Waals surface area contributed by atoms with Crippen molar-refractivity contribution >= 4 is 6.09 Å². The van der Waals surface area contributed by atoms with Crippen LogP contribution in [-0.4, -0.2) is 31.9 Å². The largest absolute Gasteiger partial charge is 0.443 e. The summed E-state index contributed by atoms with van der Waals surface area (Å²) in [6.07, 6.45) is 1.01. The monoisotopic (exact) mass is 304 g/mol. The molecule has 1 aromatic heterocycles. The Hall–Kier alpha value is -2.48. The van der Waals surface area contributed by atoms with Gasteiger partial charge in [-0.2, -0.15) is 0 Å². The van der Waals surface area contributed by atoms with Crippen molar-refractivity contribution in [1.29, 1.82) is 0 Å². The number of amides is 1. The molecule has 8 heteroatoms. The van der Waals surface area contributed by atoms with E-state index in [1.165, 1.54) is 6.33 Å². The number of carbonyl (C=O) groups excluding carboxylic acids is 1. The molecular formula is C14H20N6O2. The van der Waals surface area contributed by atoms with Crippen LogP contribution in [0.2, 0.25) is 0 Å². The van der Waals surface area contributed by atoms with Crippen LogP contribution in [0.3, 0.4) is 0 Å². The van der Waals surface area contributed by atoms with Crippen molar-refractivity contribution in [2.45, 2.75) is 39.3 Å². The number of hydrogen-bond acceptors (Lipinski definition) is 6. The zero-order chi connectivity index (χ0) is 16.2. The Balaban J connectivity index is 1.97. The van der Waals surface area contributed by atoms with Gasteiger partial charge >= 0.3 is 6.09 Å². The summed E-state index contributed by atoms with van der Waals surface area (Å²) in [6.45, 7) is 7.36. The molecule has 0 fully saturated rings. The van der Waals surface area contributed by atoms with E-state index < -0.39 is 11.7 Å². The fourth-order valence-electron chi connectivity index (χ4n) is 1.77. The third-order valence-electron chi connectivity index (χ3n) is 2.77. The number of hydrogen-bond donors (Lipinski definition) is 2. The van der Waals surface area contributed by atoms with Gasteiger partial charge in [0.05, 0.1) is 5.69 Å². The molecule has 1 unspecified atom stereocenters. The number of carbonyl (C=O) groups is 1. The molecule has 0 radical (unpaired) electrons. The molecule has 1 atom stereocenters. The second-order valence-electron chi connectivity index (χ2n) is 5.84. The molecule has 8 nitrogen and oxygen atoms in total. The maximum atomic E-state index is 11.6. The first kappa shape index (κ1) is 15.9. The lowest BCUT2D eigenvalue weighted by molar-refractivity contribution is 0.0489. The van der Waals surface area contributed by atoms with Crippen LogP contribution in [0.4, 0.5) is 4.79 Å². The van der Waals surface area contributed by atoms with Crippen LogP contribution in [-0.2, 0) is 4.74 Å². The van der Waals surface area contributed by atoms with E-state index >= 15 is 0 Å². The van der Waals surface area contributed by atoms with Crippen molar-refractivity contribution in [3.63, 3.8) is 0 Å². The molecule has 1 amide bonds. The van der Waals surface area contributed by atoms with E-state index in [9.17, 15) is 4.79 Å². The maximum Gasteiger partial charge on any atom is 0.422 e. The van der Waals surface area contributed by atoms with Crippen LogP contribution in [0, 0.1) is 0 Å². The highest BCUT2D eigenvalue weighted by molar-refractivity contribution is 5.67. The van der Waals surface area contributed by atoms with E-state index in [4.69, 9.17) is 4.74 Å². The zero-order valence-electron chi connectivity index (χ0n) is 13.1. The van der Waals surface area contributed by atoms with Crippen molar-refractivity contribution in [3.8, 4) is 5.69 Å². The number of hydrazine groups is 1. The SMILES string of the molecule is CC(NNC(=O)OC(C)(C)C)c1cccc(-n2cnnn2)c1. The number of aromatic nitrogens is 4. The fraction of sp³-hybridized carbons (Fsp3) is 0.429. The number of rotatable bonds is 4. The van der Waals surface area contributed by atoms with Crippen LogP contribution in [0.5, 0.6) is 0 Å². The number of nitrogens with zero attached hydrogens (tertiary/aromatic N) is 4. The van der Waals surface area contributed by atoms with Crippen LogP contribution in [0.15, 0.2) is 30.6 Å². The van der Waals surface area contributed by atoms with E-state index in [-0.39, 0.29) is 6.04 Å². The predicted octanol–water partition coefficient (Wildman–Crippen LogP) is 1.75. The lowest BCUT2D eigenvalue weighted by Gasteiger charge is -2.21. The van der Waals surface area contributed by atoms with E-state index in [1.54, 1.807) is 4.68 Å². The molecule has 1 aromatic carbocycles. The Kier molecular flexibility index (Phi) is 4.71. The van der Waals surface area contributed by atoms with Gasteiger partial charge in [0.25, 0.3) is 0 Å². The molecular weight excluding hydrogens is 284 g/mol. The maximum absolute atomic E-state index is 11.6. The quantitative estimate of drug-likeness (QED) is 0.836. The standard InChI is InChI=1S/C14H20N6O2/c1-10(16-17-13(21)22-14(2,3)4)11-6-5-7-12(8-11)20-9-15-18-19-20/h5-10,16H,1-4H3,(H,17,21). The van der Waals surface area contributed by atoms with E-state index in [0.29, 0.717) is 0 Å². The highest BCUT2D eigenvalue weighted by Crippen LogP contribution is 2.15. The van der Waals surface area contributed by atoms with Gasteiger partial charge < -0.3 is 4.74 Å². The van der Waals surface area contributed by atoms with Crippen LogP contribution >= 0.6 is 0 Å². The highest BCUT2D eigenvalue weighted by Gasteiger charge is 2.16. The number of benzene rings is 1. The summed E-state index contributed by atoms with van der Waals surface area (Å²) in [6, 6.07) is 7.57. The molecule has 2 rings (SSSR count). The van der Waals surface area contributed by atoms with Crippen molar-refractivity contribution in [2.75, 3.05) is 0 Å². The molecule has 0 saturated carbocycles. The summed E-state index contributed by atoms with van der Waals surface area (Å²) in [4.78, 5) is 11.6. The highest BCUT2D eigenvalue weighted by atomic mass is 16.6. The van der Waals surface area contributed by atoms with Gasteiger partial charge in [-0.15, -0.1) is 5.10 Å². The molecule has 0 aliphatic rings. The second-order valence-corrected chi connectivity index (χ2v) is 5.84. The average molecular weight is 304 g/mol. The summed E-state index contributed by atoms with van der Waals surface area (Å²) >= 11 is 0. The van der Waals surface area contributed by atoms with Gasteiger partial charge in [0.2, 0.25) is 0 Å². The van der Waals surface area contributed by atoms with Gasteiger partial charge in [0.1, 0.15) is 11.9 Å². The second kappa shape index (κ2) is 6.52. The molecule has 118 valence electrons. The van der Waals surface area contributed by atoms with Crippen LogP contribution in [0.1, 0.15) is 39.3 Å². The minimum atomic E-state index is -0.533. The van der Waals surface area contributed by atoms with Gasteiger partial charge in [-0.25, -0.2) is 14.9 Å². The first-order valence-electron chi connectivity index (χ1n) is 6.93. The molecule has 0 aliphatic heterocycles. The van der Waals surface area contributed by atoms with Gasteiger partial charge in [0, 0.05) is 6.04 Å². The molecule has 0 aliphatic carbocycles. The Morgan fingerprint density at radius 3 is 2.77 bits per heavy atom. The third kappa shape index (κ3) is 4.52. The van der Waals surface area contributed by atoms with Gasteiger partial charge in [-0.05, 0) is 55.8 Å². The minimum Gasteiger partial charge on any atom is -0.443 e. The Morgan fingerprint density at radius 1 is 1.36 bits per heavy atom. The van der Waals surface area contributed by atoms with Crippen LogP contribution < -0.4 is 10.9 Å². The van der Waals surface area contributed by atoms with Gasteiger partial charge in [0.15, 0.2) is 0 Å². The Labute approximate surface area is 128 Å². The Bertz CT molecular complexity index is 621. The van der Waals surface area contributed by atoms with Crippen molar-refractivity contribution < 1.29 is 9.53 Å². The molecule has 0 bridgehead atoms. The molecule has 2 N–H and O–H groups in total. The third-order valence-corrected chi connectivity index (χ3v) is 2.77. The number of nitrogens with one attached hydrogen (secondary N) is 2. The van der Waals surface area contributed by atoms with Gasteiger partial charge in [-0.1, -0.05) is 12.1 Å². The summed E-state index contributed by atoms with van der Waals surface area (Å²) in [5.74, 6) is 0. The van der Waals surface area contributed by atoms with Crippen molar-refractivity contribution in [1.82, 2.24) is 31.1 Å². The first-order valence-corrected chi connectivity index (χ1v) is 6.93. The van der Waals surface area contributed by atoms with Crippen molar-refractivity contribution in [3.05, 3.63) is 36.2 Å². The van der Waals surface area contributed by atoms with Crippen LogP contribution in [0.25, 0.3) is 5.69 Å². The summed E-state index contributed by atoms with van der Waals surface area (Å²) in [7, 11) is 0. The normalized spacial score (nSPS) is 12.7. The summed E-state index contributed by atoms with van der Waals surface area (Å²) in [5, 5.41) is 11.1. The smallest absolute Gasteiger partial charge is 0.422 e. The average Bonchev–Trinajstić information content (AvgIpc) is 2.97. The summed E-state index contributed by atoms with van der Waals surface area (Å²) in [5.41, 5.74) is 6.73. The summed E-state index contributed by atoms with van der Waals surface area (Å²) < 4.78 is 6.73. The molecule has 0 saturated heterocycles. The number of ether oxygens (including phenoxy) is 1. The lowest BCUT2D eigenvalue weighted by Crippen LogP contribution is -2.42. The minimum absolute atomic E-state index is 0.107. The van der Waals surface area contributed by atoms with Gasteiger partial charge in [-0.3, -0.25) is 5.43 Å². The fourth-order valence-corrected chi connectivity index (χ4v) is 1.77. The molecule has 2 aromatic rings. The topological polar surface area (TPSA) is 94.0 Å². The van der Waals surface area contributed by atoms with Crippen molar-refractivity contribution in [2.24, 2.45) is 0 Å². The Morgan fingerprint density at radius 2 is 2.14 bits per heavy atom. The van der Waals surface area contributed by atoms with E-state index in [2.05, 4.69) is 26.4 Å². The number of tetrazole rings is 1. The first-order chi connectivity index (χ1) is 10.3. The molecule has 1 heterocycles. The predicted molar refractivity (Wildman–Crippen MR) is 80.1 cm³/mol. The lowest BCUT2D eigenvalue weighted by atomic mass is 10.1. The van der Waals surface area contributed by atoms with E-state index in [1.807, 2.05) is 52.0 Å². The zero-order valence-corrected chi connectivity index (χ0v) is 13.1. The van der Waals surface area contributed by atoms with E-state index in [0.717, 1.165) is 11.3 Å². The molecule has 22 heavy (non-hydrogen) atoms. The molecule has 0 spiro atoms.